The Morgan fingerprint density at radius 1 is 1.42 bits per heavy atom. The van der Waals surface area contributed by atoms with Gasteiger partial charge in [0.15, 0.2) is 0 Å². The Kier molecular flexibility index (Phi) is 3.29. The van der Waals surface area contributed by atoms with Crippen molar-refractivity contribution in [3.63, 3.8) is 0 Å². The number of ether oxygens (including phenoxy) is 1. The number of hydrogen-bond donors (Lipinski definition) is 0. The molecule has 0 heterocycles. The van der Waals surface area contributed by atoms with Crippen LogP contribution >= 0.6 is 27.5 Å². The minimum Gasteiger partial charge on any atom is -0.434 e. The molecule has 12 heavy (non-hydrogen) atoms. The second-order valence-electron chi connectivity index (χ2n) is 1.93. The number of alkyl halides is 2. The maximum absolute atomic E-state index is 11.7. The molecule has 0 aliphatic carbocycles. The highest BCUT2D eigenvalue weighted by atomic mass is 79.9. The molecule has 0 saturated heterocycles. The smallest absolute Gasteiger partial charge is 0.387 e. The van der Waals surface area contributed by atoms with E-state index >= 15 is 0 Å². The first-order valence-electron chi connectivity index (χ1n) is 3.00. The molecular weight excluding hydrogens is 253 g/mol. The maximum Gasteiger partial charge on any atom is 0.387 e. The molecule has 0 spiro atoms. The minimum atomic E-state index is -2.83. The molecule has 0 bridgehead atoms. The predicted octanol–water partition coefficient (Wildman–Crippen LogP) is 3.70. The lowest BCUT2D eigenvalue weighted by Crippen LogP contribution is -2.02. The molecule has 1 nitrogen and oxygen atoms in total. The van der Waals surface area contributed by atoms with Gasteiger partial charge in [0, 0.05) is 0 Å². The number of rotatable bonds is 2. The van der Waals surface area contributed by atoms with E-state index in [1.807, 2.05) is 0 Å². The minimum absolute atomic E-state index is 0.0394. The van der Waals surface area contributed by atoms with Gasteiger partial charge in [0.25, 0.3) is 0 Å². The molecule has 5 heteroatoms. The molecular formula is C7H4BrClF2O. The van der Waals surface area contributed by atoms with Crippen molar-refractivity contribution >= 4 is 27.5 Å². The Hall–Kier alpha value is -0.350. The largest absolute Gasteiger partial charge is 0.434 e. The summed E-state index contributed by atoms with van der Waals surface area (Å²) in [5.74, 6) is 0.0394. The van der Waals surface area contributed by atoms with Crippen LogP contribution in [-0.2, 0) is 0 Å². The van der Waals surface area contributed by atoms with Gasteiger partial charge in [-0.05, 0) is 28.1 Å². The Labute approximate surface area is 81.4 Å². The van der Waals surface area contributed by atoms with E-state index < -0.39 is 6.61 Å². The zero-order valence-electron chi connectivity index (χ0n) is 5.73. The SMILES string of the molecule is FC(F)Oc1cccc(Cl)c1Br. The van der Waals surface area contributed by atoms with Crippen LogP contribution in [-0.4, -0.2) is 6.61 Å². The monoisotopic (exact) mass is 256 g/mol. The van der Waals surface area contributed by atoms with E-state index in [4.69, 9.17) is 11.6 Å². The Bertz CT molecular complexity index is 280. The summed E-state index contributed by atoms with van der Waals surface area (Å²) < 4.78 is 28.0. The normalized spacial score (nSPS) is 10.4. The molecule has 1 rings (SSSR count). The van der Waals surface area contributed by atoms with Gasteiger partial charge in [-0.1, -0.05) is 17.7 Å². The summed E-state index contributed by atoms with van der Waals surface area (Å²) in [5.41, 5.74) is 0. The van der Waals surface area contributed by atoms with Gasteiger partial charge in [-0.2, -0.15) is 8.78 Å². The maximum atomic E-state index is 11.7. The fourth-order valence-electron chi connectivity index (χ4n) is 0.671. The van der Waals surface area contributed by atoms with Gasteiger partial charge < -0.3 is 4.74 Å². The molecule has 66 valence electrons. The molecule has 0 aliphatic rings. The van der Waals surface area contributed by atoms with Crippen LogP contribution in [0.3, 0.4) is 0 Å². The Morgan fingerprint density at radius 3 is 2.67 bits per heavy atom. The first-order chi connectivity index (χ1) is 5.61. The third kappa shape index (κ3) is 2.32. The lowest BCUT2D eigenvalue weighted by atomic mass is 10.3. The van der Waals surface area contributed by atoms with Crippen LogP contribution in [0.4, 0.5) is 8.78 Å². The topological polar surface area (TPSA) is 9.23 Å². The molecule has 0 N–H and O–H groups in total. The zero-order valence-corrected chi connectivity index (χ0v) is 8.07. The highest BCUT2D eigenvalue weighted by Crippen LogP contribution is 2.32. The third-order valence-electron chi connectivity index (χ3n) is 1.13. The van der Waals surface area contributed by atoms with Gasteiger partial charge in [-0.3, -0.25) is 0 Å². The standard InChI is InChI=1S/C7H4BrClF2O/c8-6-4(9)2-1-3-5(6)12-7(10)11/h1-3,7H. The fourth-order valence-corrected chi connectivity index (χ4v) is 1.19. The van der Waals surface area contributed by atoms with Crippen molar-refractivity contribution in [2.24, 2.45) is 0 Å². The van der Waals surface area contributed by atoms with E-state index in [1.165, 1.54) is 12.1 Å². The van der Waals surface area contributed by atoms with Gasteiger partial charge in [-0.25, -0.2) is 0 Å². The molecule has 0 atom stereocenters. The summed E-state index contributed by atoms with van der Waals surface area (Å²) in [4.78, 5) is 0. The van der Waals surface area contributed by atoms with Crippen molar-refractivity contribution in [1.82, 2.24) is 0 Å². The zero-order chi connectivity index (χ0) is 9.14. The molecule has 0 radical (unpaired) electrons. The number of benzene rings is 1. The van der Waals surface area contributed by atoms with Crippen LogP contribution in [0.5, 0.6) is 5.75 Å². The van der Waals surface area contributed by atoms with E-state index in [2.05, 4.69) is 20.7 Å². The molecule has 0 unspecified atom stereocenters. The van der Waals surface area contributed by atoms with E-state index in [1.54, 1.807) is 6.07 Å². The van der Waals surface area contributed by atoms with Crippen molar-refractivity contribution in [1.29, 1.82) is 0 Å². The van der Waals surface area contributed by atoms with Crippen molar-refractivity contribution in [2.75, 3.05) is 0 Å². The molecule has 0 saturated carbocycles. The predicted molar refractivity (Wildman–Crippen MR) is 45.8 cm³/mol. The van der Waals surface area contributed by atoms with Crippen LogP contribution in [0.25, 0.3) is 0 Å². The summed E-state index contributed by atoms with van der Waals surface area (Å²) >= 11 is 8.64. The molecule has 1 aromatic rings. The van der Waals surface area contributed by atoms with E-state index in [0.29, 0.717) is 9.50 Å². The van der Waals surface area contributed by atoms with Crippen LogP contribution in [0.1, 0.15) is 0 Å². The fraction of sp³-hybridized carbons (Fsp3) is 0.143. The van der Waals surface area contributed by atoms with Crippen molar-refractivity contribution in [3.8, 4) is 5.75 Å². The summed E-state index contributed by atoms with van der Waals surface area (Å²) in [6, 6.07) is 4.51. The van der Waals surface area contributed by atoms with Gasteiger partial charge in [-0.15, -0.1) is 0 Å². The summed E-state index contributed by atoms with van der Waals surface area (Å²) in [7, 11) is 0. The first kappa shape index (κ1) is 9.74. The van der Waals surface area contributed by atoms with Gasteiger partial charge in [0.2, 0.25) is 0 Å². The molecule has 0 fully saturated rings. The van der Waals surface area contributed by atoms with E-state index in [-0.39, 0.29) is 5.75 Å². The summed E-state index contributed by atoms with van der Waals surface area (Å²) in [6.45, 7) is -2.83. The Morgan fingerprint density at radius 2 is 2.08 bits per heavy atom. The first-order valence-corrected chi connectivity index (χ1v) is 4.17. The average Bonchev–Trinajstić information content (AvgIpc) is 1.98. The second-order valence-corrected chi connectivity index (χ2v) is 3.13. The van der Waals surface area contributed by atoms with E-state index in [9.17, 15) is 8.78 Å². The highest BCUT2D eigenvalue weighted by Gasteiger charge is 2.09. The van der Waals surface area contributed by atoms with Crippen LogP contribution in [0, 0.1) is 0 Å². The van der Waals surface area contributed by atoms with Gasteiger partial charge in [0.1, 0.15) is 5.75 Å². The number of halogens is 4. The van der Waals surface area contributed by atoms with Crippen LogP contribution in [0.2, 0.25) is 5.02 Å². The summed E-state index contributed by atoms with van der Waals surface area (Å²) in [6.07, 6.45) is 0. The van der Waals surface area contributed by atoms with Crippen molar-refractivity contribution in [3.05, 3.63) is 27.7 Å². The molecule has 0 aliphatic heterocycles. The van der Waals surface area contributed by atoms with E-state index in [0.717, 1.165) is 0 Å². The highest BCUT2D eigenvalue weighted by molar-refractivity contribution is 9.10. The van der Waals surface area contributed by atoms with Crippen LogP contribution < -0.4 is 4.74 Å². The van der Waals surface area contributed by atoms with Gasteiger partial charge >= 0.3 is 6.61 Å². The summed E-state index contributed by atoms with van der Waals surface area (Å²) in [5, 5.41) is 0.341. The number of hydrogen-bond acceptors (Lipinski definition) is 1. The van der Waals surface area contributed by atoms with Crippen LogP contribution in [0.15, 0.2) is 22.7 Å². The third-order valence-corrected chi connectivity index (χ3v) is 2.49. The molecule has 0 aromatic heterocycles. The molecule has 1 aromatic carbocycles. The molecule has 0 amide bonds. The average molecular weight is 257 g/mol. The lowest BCUT2D eigenvalue weighted by Gasteiger charge is -2.06. The van der Waals surface area contributed by atoms with Crippen molar-refractivity contribution in [2.45, 2.75) is 6.61 Å². The quantitative estimate of drug-likeness (QED) is 0.785. The lowest BCUT2D eigenvalue weighted by molar-refractivity contribution is -0.0503. The second kappa shape index (κ2) is 4.05. The van der Waals surface area contributed by atoms with Gasteiger partial charge in [0.05, 0.1) is 9.50 Å². The Balaban J connectivity index is 2.92. The van der Waals surface area contributed by atoms with Crippen molar-refractivity contribution < 1.29 is 13.5 Å².